The van der Waals surface area contributed by atoms with Gasteiger partial charge in [0, 0.05) is 12.5 Å². The van der Waals surface area contributed by atoms with Crippen LogP contribution in [0.1, 0.15) is 35.7 Å². The Morgan fingerprint density at radius 3 is 2.64 bits per heavy atom. The van der Waals surface area contributed by atoms with Crippen LogP contribution in [0.5, 0.6) is 0 Å². The standard InChI is InChI=1S/C8H11NO2/c1-4-7-6(3)11-9-8(7)5(2)10/h4H2,1-3H3. The molecule has 0 aromatic carbocycles. The van der Waals surface area contributed by atoms with Crippen molar-refractivity contribution in [2.45, 2.75) is 27.2 Å². The van der Waals surface area contributed by atoms with E-state index in [1.165, 1.54) is 6.92 Å². The predicted octanol–water partition coefficient (Wildman–Crippen LogP) is 1.75. The van der Waals surface area contributed by atoms with Gasteiger partial charge in [0.2, 0.25) is 0 Å². The van der Waals surface area contributed by atoms with Crippen molar-refractivity contribution in [2.75, 3.05) is 0 Å². The van der Waals surface area contributed by atoms with Crippen LogP contribution in [0.4, 0.5) is 0 Å². The Morgan fingerprint density at radius 1 is 1.64 bits per heavy atom. The molecule has 0 atom stereocenters. The van der Waals surface area contributed by atoms with Gasteiger partial charge in [-0.25, -0.2) is 0 Å². The quantitative estimate of drug-likeness (QED) is 0.608. The van der Waals surface area contributed by atoms with Crippen LogP contribution in [-0.2, 0) is 6.42 Å². The largest absolute Gasteiger partial charge is 0.361 e. The van der Waals surface area contributed by atoms with Gasteiger partial charge < -0.3 is 4.52 Å². The summed E-state index contributed by atoms with van der Waals surface area (Å²) in [5, 5.41) is 3.66. The van der Waals surface area contributed by atoms with E-state index >= 15 is 0 Å². The van der Waals surface area contributed by atoms with Gasteiger partial charge in [0.25, 0.3) is 0 Å². The van der Waals surface area contributed by atoms with E-state index in [0.29, 0.717) is 5.69 Å². The summed E-state index contributed by atoms with van der Waals surface area (Å²) in [5.41, 5.74) is 1.41. The smallest absolute Gasteiger partial charge is 0.181 e. The number of ketones is 1. The summed E-state index contributed by atoms with van der Waals surface area (Å²) in [6.07, 6.45) is 0.796. The topological polar surface area (TPSA) is 43.1 Å². The second kappa shape index (κ2) is 2.86. The molecule has 0 saturated carbocycles. The molecule has 0 amide bonds. The van der Waals surface area contributed by atoms with Gasteiger partial charge in [-0.3, -0.25) is 4.79 Å². The molecule has 0 unspecified atom stereocenters. The first-order valence-corrected chi connectivity index (χ1v) is 3.63. The molecule has 0 fully saturated rings. The number of carbonyl (C=O) groups excluding carboxylic acids is 1. The minimum absolute atomic E-state index is 0.0290. The lowest BCUT2D eigenvalue weighted by Crippen LogP contribution is -1.97. The summed E-state index contributed by atoms with van der Waals surface area (Å²) in [6.45, 7) is 5.29. The molecule has 0 aliphatic carbocycles. The third-order valence-electron chi connectivity index (χ3n) is 1.67. The number of aromatic nitrogens is 1. The highest BCUT2D eigenvalue weighted by atomic mass is 16.5. The third kappa shape index (κ3) is 1.31. The first-order valence-electron chi connectivity index (χ1n) is 3.63. The van der Waals surface area contributed by atoms with Gasteiger partial charge in [-0.2, -0.15) is 0 Å². The van der Waals surface area contributed by atoms with Gasteiger partial charge in [0.1, 0.15) is 5.76 Å². The molecule has 0 bridgehead atoms. The van der Waals surface area contributed by atoms with Crippen LogP contribution in [-0.4, -0.2) is 10.9 Å². The maximum atomic E-state index is 10.9. The molecule has 0 spiro atoms. The number of Topliss-reactive ketones (excluding diaryl/α,β-unsaturated/α-hetero) is 1. The summed E-state index contributed by atoms with van der Waals surface area (Å²) < 4.78 is 4.88. The summed E-state index contributed by atoms with van der Waals surface area (Å²) >= 11 is 0. The lowest BCUT2D eigenvalue weighted by molar-refractivity contribution is 0.100. The van der Waals surface area contributed by atoms with Crippen molar-refractivity contribution < 1.29 is 9.32 Å². The molecule has 0 N–H and O–H groups in total. The van der Waals surface area contributed by atoms with Gasteiger partial charge in [0.15, 0.2) is 11.5 Å². The second-order valence-electron chi connectivity index (χ2n) is 2.48. The monoisotopic (exact) mass is 153 g/mol. The number of aryl methyl sites for hydroxylation is 1. The van der Waals surface area contributed by atoms with Gasteiger partial charge in [0.05, 0.1) is 0 Å². The minimum atomic E-state index is -0.0290. The van der Waals surface area contributed by atoms with Crippen molar-refractivity contribution in [3.8, 4) is 0 Å². The third-order valence-corrected chi connectivity index (χ3v) is 1.67. The predicted molar refractivity (Wildman–Crippen MR) is 40.6 cm³/mol. The van der Waals surface area contributed by atoms with E-state index in [1.54, 1.807) is 0 Å². The zero-order chi connectivity index (χ0) is 8.43. The zero-order valence-corrected chi connectivity index (χ0v) is 6.97. The molecule has 0 aliphatic heterocycles. The number of carbonyl (C=O) groups is 1. The number of hydrogen-bond donors (Lipinski definition) is 0. The Labute approximate surface area is 65.4 Å². The highest BCUT2D eigenvalue weighted by Crippen LogP contribution is 2.13. The van der Waals surface area contributed by atoms with Crippen LogP contribution in [0, 0.1) is 6.92 Å². The normalized spacial score (nSPS) is 10.1. The molecule has 1 heterocycles. The first kappa shape index (κ1) is 7.98. The van der Waals surface area contributed by atoms with E-state index in [2.05, 4.69) is 5.16 Å². The SMILES string of the molecule is CCc1c(C(C)=O)noc1C. The molecule has 1 rings (SSSR count). The Bertz CT molecular complexity index is 276. The lowest BCUT2D eigenvalue weighted by Gasteiger charge is -1.91. The van der Waals surface area contributed by atoms with E-state index in [-0.39, 0.29) is 5.78 Å². The molecule has 1 aromatic heterocycles. The van der Waals surface area contributed by atoms with Crippen LogP contribution < -0.4 is 0 Å². The summed E-state index contributed by atoms with van der Waals surface area (Å²) in [6, 6.07) is 0. The zero-order valence-electron chi connectivity index (χ0n) is 6.97. The van der Waals surface area contributed by atoms with Crippen molar-refractivity contribution in [2.24, 2.45) is 0 Å². The Kier molecular flexibility index (Phi) is 2.08. The molecule has 60 valence electrons. The fraction of sp³-hybridized carbons (Fsp3) is 0.500. The second-order valence-corrected chi connectivity index (χ2v) is 2.48. The summed E-state index contributed by atoms with van der Waals surface area (Å²) in [7, 11) is 0. The fourth-order valence-electron chi connectivity index (χ4n) is 1.08. The van der Waals surface area contributed by atoms with Gasteiger partial charge in [-0.05, 0) is 13.3 Å². The van der Waals surface area contributed by atoms with Crippen molar-refractivity contribution in [3.63, 3.8) is 0 Å². The van der Waals surface area contributed by atoms with E-state index in [0.717, 1.165) is 17.7 Å². The Hall–Kier alpha value is -1.12. The molecular formula is C8H11NO2. The van der Waals surface area contributed by atoms with Crippen LogP contribution in [0.3, 0.4) is 0 Å². The van der Waals surface area contributed by atoms with Crippen molar-refractivity contribution in [1.29, 1.82) is 0 Å². The maximum absolute atomic E-state index is 10.9. The van der Waals surface area contributed by atoms with Crippen molar-refractivity contribution in [1.82, 2.24) is 5.16 Å². The Balaban J connectivity index is 3.15. The van der Waals surface area contributed by atoms with Crippen LogP contribution >= 0.6 is 0 Å². The number of nitrogens with zero attached hydrogens (tertiary/aromatic N) is 1. The molecular weight excluding hydrogens is 142 g/mol. The molecule has 0 aliphatic rings. The lowest BCUT2D eigenvalue weighted by atomic mass is 10.1. The average Bonchev–Trinajstić information content (AvgIpc) is 2.30. The van der Waals surface area contributed by atoms with E-state index < -0.39 is 0 Å². The summed E-state index contributed by atoms with van der Waals surface area (Å²) in [4.78, 5) is 10.9. The fourth-order valence-corrected chi connectivity index (χ4v) is 1.08. The minimum Gasteiger partial charge on any atom is -0.361 e. The maximum Gasteiger partial charge on any atom is 0.181 e. The molecule has 3 nitrogen and oxygen atoms in total. The van der Waals surface area contributed by atoms with Gasteiger partial charge >= 0.3 is 0 Å². The van der Waals surface area contributed by atoms with E-state index in [9.17, 15) is 4.79 Å². The molecule has 0 saturated heterocycles. The highest BCUT2D eigenvalue weighted by molar-refractivity contribution is 5.93. The van der Waals surface area contributed by atoms with Gasteiger partial charge in [-0.1, -0.05) is 12.1 Å². The Morgan fingerprint density at radius 2 is 2.27 bits per heavy atom. The first-order chi connectivity index (χ1) is 5.16. The van der Waals surface area contributed by atoms with Crippen LogP contribution in [0.15, 0.2) is 4.52 Å². The van der Waals surface area contributed by atoms with Crippen LogP contribution in [0.25, 0.3) is 0 Å². The van der Waals surface area contributed by atoms with E-state index in [1.807, 2.05) is 13.8 Å². The van der Waals surface area contributed by atoms with Crippen molar-refractivity contribution >= 4 is 5.78 Å². The molecule has 3 heteroatoms. The highest BCUT2D eigenvalue weighted by Gasteiger charge is 2.13. The van der Waals surface area contributed by atoms with Crippen molar-refractivity contribution in [3.05, 3.63) is 17.0 Å². The van der Waals surface area contributed by atoms with E-state index in [4.69, 9.17) is 4.52 Å². The molecule has 11 heavy (non-hydrogen) atoms. The van der Waals surface area contributed by atoms with Gasteiger partial charge in [-0.15, -0.1) is 0 Å². The van der Waals surface area contributed by atoms with Crippen LogP contribution in [0.2, 0.25) is 0 Å². The molecule has 1 aromatic rings. The summed E-state index contributed by atoms with van der Waals surface area (Å²) in [5.74, 6) is 0.719. The number of hydrogen-bond acceptors (Lipinski definition) is 3. The number of rotatable bonds is 2. The molecule has 0 radical (unpaired) electrons. The average molecular weight is 153 g/mol.